The van der Waals surface area contributed by atoms with Gasteiger partial charge >= 0.3 is 5.97 Å². The molecule has 1 rings (SSSR count). The maximum absolute atomic E-state index is 11.8. The summed E-state index contributed by atoms with van der Waals surface area (Å²) in [5, 5.41) is 0. The minimum Gasteiger partial charge on any atom is -0.467 e. The SMILES string of the molecule is CCCCCCCCCCC(OCc1ccccc1)C(=O)OC. The first kappa shape index (κ1) is 19.7. The summed E-state index contributed by atoms with van der Waals surface area (Å²) in [4.78, 5) is 11.8. The molecule has 1 aromatic rings. The van der Waals surface area contributed by atoms with E-state index in [4.69, 9.17) is 9.47 Å². The van der Waals surface area contributed by atoms with Gasteiger partial charge in [-0.05, 0) is 12.0 Å². The molecule has 0 heterocycles. The first-order valence-corrected chi connectivity index (χ1v) is 9.01. The number of carbonyl (C=O) groups excluding carboxylic acids is 1. The quantitative estimate of drug-likeness (QED) is 0.366. The lowest BCUT2D eigenvalue weighted by Crippen LogP contribution is -2.25. The number of unbranched alkanes of at least 4 members (excludes halogenated alkanes) is 7. The van der Waals surface area contributed by atoms with Crippen LogP contribution in [-0.4, -0.2) is 19.2 Å². The molecule has 0 saturated carbocycles. The van der Waals surface area contributed by atoms with Crippen LogP contribution < -0.4 is 0 Å². The summed E-state index contributed by atoms with van der Waals surface area (Å²) in [6, 6.07) is 9.94. The van der Waals surface area contributed by atoms with Crippen LogP contribution in [0, 0.1) is 0 Å². The zero-order chi connectivity index (χ0) is 16.8. The lowest BCUT2D eigenvalue weighted by Gasteiger charge is -2.15. The molecule has 0 amide bonds. The predicted molar refractivity (Wildman–Crippen MR) is 94.3 cm³/mol. The Balaban J connectivity index is 2.20. The maximum atomic E-state index is 11.8. The van der Waals surface area contributed by atoms with E-state index in [0.717, 1.165) is 24.8 Å². The molecule has 0 spiro atoms. The van der Waals surface area contributed by atoms with E-state index in [1.807, 2.05) is 30.3 Å². The minimum atomic E-state index is -0.444. The monoisotopic (exact) mass is 320 g/mol. The fourth-order valence-electron chi connectivity index (χ4n) is 2.64. The van der Waals surface area contributed by atoms with Crippen LogP contribution in [0.5, 0.6) is 0 Å². The van der Waals surface area contributed by atoms with Gasteiger partial charge in [0.15, 0.2) is 6.10 Å². The van der Waals surface area contributed by atoms with Gasteiger partial charge in [0.25, 0.3) is 0 Å². The fourth-order valence-corrected chi connectivity index (χ4v) is 2.64. The summed E-state index contributed by atoms with van der Waals surface area (Å²) < 4.78 is 10.6. The molecule has 0 aliphatic carbocycles. The van der Waals surface area contributed by atoms with Crippen molar-refractivity contribution in [3.05, 3.63) is 35.9 Å². The lowest BCUT2D eigenvalue weighted by molar-refractivity contribution is -0.155. The number of hydrogen-bond donors (Lipinski definition) is 0. The maximum Gasteiger partial charge on any atom is 0.334 e. The van der Waals surface area contributed by atoms with Gasteiger partial charge in [-0.2, -0.15) is 0 Å². The minimum absolute atomic E-state index is 0.260. The van der Waals surface area contributed by atoms with Gasteiger partial charge in [-0.3, -0.25) is 0 Å². The predicted octanol–water partition coefficient (Wildman–Crippen LogP) is 5.28. The number of carbonyl (C=O) groups is 1. The number of ether oxygens (including phenoxy) is 2. The van der Waals surface area contributed by atoms with Gasteiger partial charge in [0.1, 0.15) is 0 Å². The smallest absolute Gasteiger partial charge is 0.334 e. The standard InChI is InChI=1S/C20H32O3/c1-3-4-5-6-7-8-9-13-16-19(20(21)22-2)23-17-18-14-11-10-12-15-18/h10-12,14-15,19H,3-9,13,16-17H2,1-2H3. The van der Waals surface area contributed by atoms with E-state index < -0.39 is 6.10 Å². The van der Waals surface area contributed by atoms with Crippen molar-refractivity contribution in [1.29, 1.82) is 0 Å². The van der Waals surface area contributed by atoms with Crippen LogP contribution in [0.15, 0.2) is 30.3 Å². The van der Waals surface area contributed by atoms with E-state index in [2.05, 4.69) is 6.92 Å². The third kappa shape index (κ3) is 9.39. The molecule has 3 heteroatoms. The van der Waals surface area contributed by atoms with Gasteiger partial charge in [0.05, 0.1) is 13.7 Å². The van der Waals surface area contributed by atoms with Gasteiger partial charge in [0.2, 0.25) is 0 Å². The Bertz CT molecular complexity index is 403. The Morgan fingerprint density at radius 1 is 0.957 bits per heavy atom. The molecule has 0 aliphatic rings. The fraction of sp³-hybridized carbons (Fsp3) is 0.650. The van der Waals surface area contributed by atoms with E-state index >= 15 is 0 Å². The summed E-state index contributed by atoms with van der Waals surface area (Å²) in [5.41, 5.74) is 1.08. The van der Waals surface area contributed by atoms with E-state index in [1.54, 1.807) is 0 Å². The topological polar surface area (TPSA) is 35.5 Å². The molecule has 0 radical (unpaired) electrons. The van der Waals surface area contributed by atoms with Crippen LogP contribution >= 0.6 is 0 Å². The van der Waals surface area contributed by atoms with E-state index in [-0.39, 0.29) is 5.97 Å². The normalized spacial score (nSPS) is 12.1. The second-order valence-electron chi connectivity index (χ2n) is 6.07. The van der Waals surface area contributed by atoms with Crippen LogP contribution in [0.3, 0.4) is 0 Å². The molecule has 1 unspecified atom stereocenters. The van der Waals surface area contributed by atoms with Crippen molar-refractivity contribution in [3.63, 3.8) is 0 Å². The lowest BCUT2D eigenvalue weighted by atomic mass is 10.1. The van der Waals surface area contributed by atoms with Crippen molar-refractivity contribution in [3.8, 4) is 0 Å². The highest BCUT2D eigenvalue weighted by molar-refractivity contribution is 5.74. The molecule has 1 aromatic carbocycles. The Hall–Kier alpha value is -1.35. The van der Waals surface area contributed by atoms with Crippen LogP contribution in [0.2, 0.25) is 0 Å². The van der Waals surface area contributed by atoms with Crippen molar-refractivity contribution in [1.82, 2.24) is 0 Å². The summed E-state index contributed by atoms with van der Waals surface area (Å²) in [5.74, 6) is -0.260. The summed E-state index contributed by atoms with van der Waals surface area (Å²) in [6.45, 7) is 2.69. The summed E-state index contributed by atoms with van der Waals surface area (Å²) >= 11 is 0. The Labute approximate surface area is 141 Å². The molecule has 1 atom stereocenters. The van der Waals surface area contributed by atoms with Crippen LogP contribution in [0.25, 0.3) is 0 Å². The molecule has 23 heavy (non-hydrogen) atoms. The summed E-state index contributed by atoms with van der Waals surface area (Å²) in [6.07, 6.45) is 10.3. The third-order valence-electron chi connectivity index (χ3n) is 4.08. The third-order valence-corrected chi connectivity index (χ3v) is 4.08. The second kappa shape index (κ2) is 13.1. The van der Waals surface area contributed by atoms with Gasteiger partial charge in [-0.15, -0.1) is 0 Å². The molecule has 0 aromatic heterocycles. The largest absolute Gasteiger partial charge is 0.467 e. The second-order valence-corrected chi connectivity index (χ2v) is 6.07. The molecule has 130 valence electrons. The number of esters is 1. The first-order valence-electron chi connectivity index (χ1n) is 9.01. The molecule has 0 N–H and O–H groups in total. The highest BCUT2D eigenvalue weighted by Crippen LogP contribution is 2.14. The Morgan fingerprint density at radius 3 is 2.17 bits per heavy atom. The zero-order valence-electron chi connectivity index (χ0n) is 14.8. The average molecular weight is 320 g/mol. The molecular formula is C20H32O3. The van der Waals surface area contributed by atoms with Gasteiger partial charge in [0, 0.05) is 0 Å². The van der Waals surface area contributed by atoms with Crippen molar-refractivity contribution in [2.75, 3.05) is 7.11 Å². The molecular weight excluding hydrogens is 288 g/mol. The van der Waals surface area contributed by atoms with Crippen LogP contribution in [0.4, 0.5) is 0 Å². The van der Waals surface area contributed by atoms with Crippen LogP contribution in [0.1, 0.15) is 70.3 Å². The molecule has 0 fully saturated rings. The molecule has 0 saturated heterocycles. The Morgan fingerprint density at radius 2 is 1.57 bits per heavy atom. The van der Waals surface area contributed by atoms with Crippen molar-refractivity contribution in [2.24, 2.45) is 0 Å². The molecule has 3 nitrogen and oxygen atoms in total. The van der Waals surface area contributed by atoms with Crippen molar-refractivity contribution in [2.45, 2.75) is 77.4 Å². The van der Waals surface area contributed by atoms with Crippen molar-refractivity contribution < 1.29 is 14.3 Å². The molecule has 0 bridgehead atoms. The summed E-state index contributed by atoms with van der Waals surface area (Å²) in [7, 11) is 1.43. The Kier molecular flexibility index (Phi) is 11.2. The van der Waals surface area contributed by atoms with Gasteiger partial charge in [-0.25, -0.2) is 4.79 Å². The first-order chi connectivity index (χ1) is 11.3. The van der Waals surface area contributed by atoms with E-state index in [9.17, 15) is 4.79 Å². The number of methoxy groups -OCH3 is 1. The average Bonchev–Trinajstić information content (AvgIpc) is 2.60. The highest BCUT2D eigenvalue weighted by atomic mass is 16.6. The van der Waals surface area contributed by atoms with Gasteiger partial charge in [-0.1, -0.05) is 88.6 Å². The van der Waals surface area contributed by atoms with Gasteiger partial charge < -0.3 is 9.47 Å². The van der Waals surface area contributed by atoms with Crippen LogP contribution in [-0.2, 0) is 20.9 Å². The number of rotatable bonds is 13. The highest BCUT2D eigenvalue weighted by Gasteiger charge is 2.19. The zero-order valence-corrected chi connectivity index (χ0v) is 14.8. The number of benzene rings is 1. The van der Waals surface area contributed by atoms with E-state index in [1.165, 1.54) is 45.6 Å². The number of hydrogen-bond acceptors (Lipinski definition) is 3. The van der Waals surface area contributed by atoms with E-state index in [0.29, 0.717) is 6.61 Å². The van der Waals surface area contributed by atoms with Crippen molar-refractivity contribution >= 4 is 5.97 Å². The molecule has 0 aliphatic heterocycles.